The van der Waals surface area contributed by atoms with Crippen LogP contribution in [-0.2, 0) is 11.2 Å². The quantitative estimate of drug-likeness (QED) is 0.609. The van der Waals surface area contributed by atoms with Gasteiger partial charge in [-0.2, -0.15) is 4.98 Å². The summed E-state index contributed by atoms with van der Waals surface area (Å²) in [4.78, 5) is 29.2. The Labute approximate surface area is 163 Å². The fourth-order valence-electron chi connectivity index (χ4n) is 2.20. The molecule has 10 heteroatoms. The first-order chi connectivity index (χ1) is 13.1. The fourth-order valence-corrected chi connectivity index (χ4v) is 3.02. The van der Waals surface area contributed by atoms with Crippen LogP contribution in [0.4, 0.5) is 0 Å². The number of carbonyl (C=O) groups is 2. The Morgan fingerprint density at radius 3 is 2.89 bits per heavy atom. The molecule has 0 aliphatic carbocycles. The van der Waals surface area contributed by atoms with Crippen molar-refractivity contribution >= 4 is 34.8 Å². The van der Waals surface area contributed by atoms with Crippen LogP contribution in [0.3, 0.4) is 0 Å². The molecule has 0 radical (unpaired) electrons. The lowest BCUT2D eigenvalue weighted by Crippen LogP contribution is -2.41. The number of thiophene rings is 1. The van der Waals surface area contributed by atoms with Crippen LogP contribution in [0.2, 0.25) is 5.02 Å². The van der Waals surface area contributed by atoms with E-state index in [-0.39, 0.29) is 18.4 Å². The smallest absolute Gasteiger partial charge is 0.273 e. The van der Waals surface area contributed by atoms with Gasteiger partial charge in [-0.05, 0) is 29.6 Å². The van der Waals surface area contributed by atoms with Crippen molar-refractivity contribution in [3.8, 4) is 16.5 Å². The third-order valence-corrected chi connectivity index (χ3v) is 4.60. The highest BCUT2D eigenvalue weighted by Crippen LogP contribution is 2.22. The topological polar surface area (TPSA) is 106 Å². The number of rotatable bonds is 6. The number of hydrazine groups is 1. The normalized spacial score (nSPS) is 10.4. The molecule has 1 aromatic carbocycles. The Kier molecular flexibility index (Phi) is 6.05. The van der Waals surface area contributed by atoms with Gasteiger partial charge >= 0.3 is 0 Å². The lowest BCUT2D eigenvalue weighted by atomic mass is 10.2. The number of nitrogens with one attached hydrogen (secondary N) is 2. The molecule has 0 aliphatic rings. The van der Waals surface area contributed by atoms with Gasteiger partial charge in [-0.15, -0.1) is 11.3 Å². The molecule has 0 fully saturated rings. The van der Waals surface area contributed by atoms with Crippen molar-refractivity contribution < 1.29 is 18.8 Å². The number of carbonyl (C=O) groups excluding carboxylic acids is 2. The zero-order chi connectivity index (χ0) is 19.2. The minimum atomic E-state index is -0.541. The van der Waals surface area contributed by atoms with Crippen molar-refractivity contribution in [1.82, 2.24) is 21.0 Å². The highest BCUT2D eigenvalue weighted by molar-refractivity contribution is 7.13. The Morgan fingerprint density at radius 2 is 2.15 bits per heavy atom. The van der Waals surface area contributed by atoms with Crippen LogP contribution in [0, 0.1) is 0 Å². The van der Waals surface area contributed by atoms with E-state index in [9.17, 15) is 9.59 Å². The molecule has 140 valence electrons. The number of amides is 2. The molecule has 27 heavy (non-hydrogen) atoms. The van der Waals surface area contributed by atoms with Gasteiger partial charge in [0.15, 0.2) is 0 Å². The van der Waals surface area contributed by atoms with Crippen LogP contribution in [-0.4, -0.2) is 29.1 Å². The Bertz CT molecular complexity index is 942. The number of nitrogens with zero attached hydrogens (tertiary/aromatic N) is 2. The second kappa shape index (κ2) is 8.65. The van der Waals surface area contributed by atoms with Crippen LogP contribution >= 0.6 is 22.9 Å². The largest absolute Gasteiger partial charge is 0.496 e. The van der Waals surface area contributed by atoms with Crippen molar-refractivity contribution in [2.24, 2.45) is 0 Å². The molecule has 0 unspecified atom stereocenters. The standard InChI is InChI=1S/C17H15ClN4O4S/c1-25-12-5-4-10(18)9-11(12)17(24)21-20-14(23)6-7-15-19-16(22-26-15)13-3-2-8-27-13/h2-5,8-9H,6-7H2,1H3,(H,20,23)(H,21,24). The maximum absolute atomic E-state index is 12.2. The van der Waals surface area contributed by atoms with E-state index < -0.39 is 11.8 Å². The number of aromatic nitrogens is 2. The molecule has 2 amide bonds. The lowest BCUT2D eigenvalue weighted by molar-refractivity contribution is -0.121. The predicted molar refractivity (Wildman–Crippen MR) is 99.5 cm³/mol. The Morgan fingerprint density at radius 1 is 1.30 bits per heavy atom. The van der Waals surface area contributed by atoms with E-state index in [1.54, 1.807) is 12.1 Å². The lowest BCUT2D eigenvalue weighted by Gasteiger charge is -2.10. The van der Waals surface area contributed by atoms with Gasteiger partial charge < -0.3 is 9.26 Å². The molecule has 0 saturated heterocycles. The van der Waals surface area contributed by atoms with Crippen molar-refractivity contribution in [3.05, 3.63) is 52.2 Å². The van der Waals surface area contributed by atoms with Crippen molar-refractivity contribution in [2.75, 3.05) is 7.11 Å². The molecule has 0 saturated carbocycles. The molecule has 2 N–H and O–H groups in total. The Balaban J connectivity index is 1.50. The molecule has 0 bridgehead atoms. The predicted octanol–water partition coefficient (Wildman–Crippen LogP) is 2.85. The summed E-state index contributed by atoms with van der Waals surface area (Å²) >= 11 is 7.39. The van der Waals surface area contributed by atoms with Gasteiger partial charge in [-0.3, -0.25) is 20.4 Å². The average molecular weight is 407 g/mol. The molecule has 0 spiro atoms. The number of hydrogen-bond acceptors (Lipinski definition) is 7. The van der Waals surface area contributed by atoms with E-state index in [0.29, 0.717) is 22.5 Å². The van der Waals surface area contributed by atoms with Gasteiger partial charge in [0.05, 0.1) is 17.6 Å². The van der Waals surface area contributed by atoms with Gasteiger partial charge in [0, 0.05) is 17.9 Å². The summed E-state index contributed by atoms with van der Waals surface area (Å²) in [6, 6.07) is 8.39. The number of methoxy groups -OCH3 is 1. The van der Waals surface area contributed by atoms with E-state index >= 15 is 0 Å². The van der Waals surface area contributed by atoms with Crippen LogP contribution in [0.1, 0.15) is 22.7 Å². The maximum Gasteiger partial charge on any atom is 0.273 e. The van der Waals surface area contributed by atoms with Gasteiger partial charge in [0.1, 0.15) is 5.75 Å². The maximum atomic E-state index is 12.2. The van der Waals surface area contributed by atoms with E-state index in [4.69, 9.17) is 20.9 Å². The third kappa shape index (κ3) is 4.83. The molecular weight excluding hydrogens is 392 g/mol. The van der Waals surface area contributed by atoms with Crippen molar-refractivity contribution in [1.29, 1.82) is 0 Å². The number of benzene rings is 1. The van der Waals surface area contributed by atoms with E-state index in [2.05, 4.69) is 21.0 Å². The molecule has 2 heterocycles. The number of aryl methyl sites for hydroxylation is 1. The first kappa shape index (κ1) is 18.9. The van der Waals surface area contributed by atoms with Gasteiger partial charge in [-0.1, -0.05) is 22.8 Å². The molecule has 2 aromatic heterocycles. The molecule has 0 aliphatic heterocycles. The molecule has 8 nitrogen and oxygen atoms in total. The van der Waals surface area contributed by atoms with Crippen molar-refractivity contribution in [2.45, 2.75) is 12.8 Å². The second-order valence-corrected chi connectivity index (χ2v) is 6.72. The van der Waals surface area contributed by atoms with Crippen molar-refractivity contribution in [3.63, 3.8) is 0 Å². The highest BCUT2D eigenvalue weighted by Gasteiger charge is 2.15. The monoisotopic (exact) mass is 406 g/mol. The number of hydrogen-bond donors (Lipinski definition) is 2. The van der Waals surface area contributed by atoms with Crippen LogP contribution < -0.4 is 15.6 Å². The summed E-state index contributed by atoms with van der Waals surface area (Å²) in [5.41, 5.74) is 4.86. The van der Waals surface area contributed by atoms with E-state index in [0.717, 1.165) is 4.88 Å². The second-order valence-electron chi connectivity index (χ2n) is 5.34. The molecule has 3 aromatic rings. The van der Waals surface area contributed by atoms with E-state index in [1.165, 1.54) is 24.5 Å². The summed E-state index contributed by atoms with van der Waals surface area (Å²) in [6.07, 6.45) is 0.319. The van der Waals surface area contributed by atoms with Gasteiger partial charge in [-0.25, -0.2) is 0 Å². The highest BCUT2D eigenvalue weighted by atomic mass is 35.5. The summed E-state index contributed by atoms with van der Waals surface area (Å²) < 4.78 is 10.2. The molecule has 3 rings (SSSR count). The van der Waals surface area contributed by atoms with Gasteiger partial charge in [0.25, 0.3) is 5.91 Å². The SMILES string of the molecule is COc1ccc(Cl)cc1C(=O)NNC(=O)CCc1nc(-c2cccs2)no1. The van der Waals surface area contributed by atoms with Crippen LogP contribution in [0.5, 0.6) is 5.75 Å². The molecule has 0 atom stereocenters. The number of halogens is 1. The fraction of sp³-hybridized carbons (Fsp3) is 0.176. The minimum Gasteiger partial charge on any atom is -0.496 e. The Hall–Kier alpha value is -2.91. The first-order valence-corrected chi connectivity index (χ1v) is 9.12. The van der Waals surface area contributed by atoms with Crippen LogP contribution in [0.15, 0.2) is 40.2 Å². The summed E-state index contributed by atoms with van der Waals surface area (Å²) in [5, 5.41) is 6.17. The zero-order valence-electron chi connectivity index (χ0n) is 14.2. The summed E-state index contributed by atoms with van der Waals surface area (Å²) in [6.45, 7) is 0. The summed E-state index contributed by atoms with van der Waals surface area (Å²) in [7, 11) is 1.44. The molecular formula is C17H15ClN4O4S. The summed E-state index contributed by atoms with van der Waals surface area (Å²) in [5.74, 6) is 0.233. The van der Waals surface area contributed by atoms with E-state index in [1.807, 2.05) is 17.5 Å². The zero-order valence-corrected chi connectivity index (χ0v) is 15.8. The van der Waals surface area contributed by atoms with Gasteiger partial charge in [0.2, 0.25) is 17.6 Å². The minimum absolute atomic E-state index is 0.0685. The third-order valence-electron chi connectivity index (χ3n) is 3.50. The van der Waals surface area contributed by atoms with Crippen LogP contribution in [0.25, 0.3) is 10.7 Å². The number of ether oxygens (including phenoxy) is 1. The average Bonchev–Trinajstić information content (AvgIpc) is 3.35. The first-order valence-electron chi connectivity index (χ1n) is 7.86.